The van der Waals surface area contributed by atoms with Gasteiger partial charge in [-0.15, -0.1) is 10.2 Å². The SMILES string of the molecule is CC(=O)c1nnc(-c2ccc(C)cc2)n1Nc1ccc(Br)cc1. The number of nitrogens with one attached hydrogen (secondary N) is 1. The lowest BCUT2D eigenvalue weighted by atomic mass is 10.1. The molecule has 0 aliphatic rings. The number of nitrogens with zero attached hydrogens (tertiary/aromatic N) is 3. The maximum atomic E-state index is 11.8. The second-order valence-electron chi connectivity index (χ2n) is 5.22. The van der Waals surface area contributed by atoms with Gasteiger partial charge in [0.1, 0.15) is 0 Å². The Balaban J connectivity index is 2.05. The Hall–Kier alpha value is -2.47. The van der Waals surface area contributed by atoms with Gasteiger partial charge in [-0.05, 0) is 31.2 Å². The van der Waals surface area contributed by atoms with Crippen LogP contribution < -0.4 is 5.43 Å². The molecule has 0 saturated heterocycles. The van der Waals surface area contributed by atoms with Gasteiger partial charge in [0.05, 0.1) is 5.69 Å². The van der Waals surface area contributed by atoms with Crippen molar-refractivity contribution in [1.82, 2.24) is 14.9 Å². The minimum absolute atomic E-state index is 0.152. The van der Waals surface area contributed by atoms with E-state index in [1.165, 1.54) is 6.92 Å². The van der Waals surface area contributed by atoms with E-state index >= 15 is 0 Å². The Bertz CT molecular complexity index is 838. The molecule has 0 saturated carbocycles. The van der Waals surface area contributed by atoms with Crippen molar-refractivity contribution in [3.63, 3.8) is 0 Å². The molecule has 0 unspecified atom stereocenters. The molecule has 5 nitrogen and oxygen atoms in total. The van der Waals surface area contributed by atoms with Crippen LogP contribution in [0, 0.1) is 6.92 Å². The van der Waals surface area contributed by atoms with Gasteiger partial charge in [0.2, 0.25) is 5.82 Å². The molecule has 116 valence electrons. The first-order chi connectivity index (χ1) is 11.0. The summed E-state index contributed by atoms with van der Waals surface area (Å²) in [5.74, 6) is 0.710. The Labute approximate surface area is 142 Å². The van der Waals surface area contributed by atoms with Crippen molar-refractivity contribution in [1.29, 1.82) is 0 Å². The molecule has 1 heterocycles. The Morgan fingerprint density at radius 1 is 1.04 bits per heavy atom. The number of halogens is 1. The molecule has 0 spiro atoms. The molecule has 0 aliphatic heterocycles. The van der Waals surface area contributed by atoms with E-state index in [9.17, 15) is 4.79 Å². The van der Waals surface area contributed by atoms with Crippen molar-refractivity contribution < 1.29 is 4.79 Å². The van der Waals surface area contributed by atoms with Crippen LogP contribution in [-0.2, 0) is 0 Å². The summed E-state index contributed by atoms with van der Waals surface area (Å²) >= 11 is 3.41. The molecule has 0 amide bonds. The van der Waals surface area contributed by atoms with Crippen LogP contribution in [0.5, 0.6) is 0 Å². The minimum atomic E-state index is -0.152. The number of ketones is 1. The van der Waals surface area contributed by atoms with Crippen LogP contribution >= 0.6 is 15.9 Å². The van der Waals surface area contributed by atoms with E-state index in [1.807, 2.05) is 55.5 Å². The number of anilines is 1. The smallest absolute Gasteiger partial charge is 0.219 e. The summed E-state index contributed by atoms with van der Waals surface area (Å²) in [5.41, 5.74) is 6.08. The van der Waals surface area contributed by atoms with Gasteiger partial charge in [-0.3, -0.25) is 10.2 Å². The number of benzene rings is 2. The highest BCUT2D eigenvalue weighted by Crippen LogP contribution is 2.21. The fourth-order valence-corrected chi connectivity index (χ4v) is 2.43. The van der Waals surface area contributed by atoms with Crippen LogP contribution in [-0.4, -0.2) is 20.7 Å². The third-order valence-corrected chi connectivity index (χ3v) is 3.90. The topological polar surface area (TPSA) is 59.8 Å². The van der Waals surface area contributed by atoms with Crippen LogP contribution in [0.15, 0.2) is 53.0 Å². The minimum Gasteiger partial charge on any atom is -0.291 e. The van der Waals surface area contributed by atoms with Gasteiger partial charge < -0.3 is 0 Å². The van der Waals surface area contributed by atoms with E-state index in [1.54, 1.807) is 4.68 Å². The van der Waals surface area contributed by atoms with Crippen molar-refractivity contribution >= 4 is 27.4 Å². The molecular formula is C17H15BrN4O. The van der Waals surface area contributed by atoms with Gasteiger partial charge in [0, 0.05) is 17.0 Å². The quantitative estimate of drug-likeness (QED) is 0.702. The molecule has 1 aromatic heterocycles. The number of hydrogen-bond acceptors (Lipinski definition) is 4. The summed E-state index contributed by atoms with van der Waals surface area (Å²) in [7, 11) is 0. The van der Waals surface area contributed by atoms with Gasteiger partial charge in [-0.25, -0.2) is 4.68 Å². The fraction of sp³-hybridized carbons (Fsp3) is 0.118. The molecule has 0 aliphatic carbocycles. The number of rotatable bonds is 4. The number of aromatic nitrogens is 3. The molecule has 0 radical (unpaired) electrons. The Morgan fingerprint density at radius 2 is 1.70 bits per heavy atom. The molecule has 1 N–H and O–H groups in total. The zero-order chi connectivity index (χ0) is 16.4. The van der Waals surface area contributed by atoms with Gasteiger partial charge in [-0.2, -0.15) is 0 Å². The van der Waals surface area contributed by atoms with Gasteiger partial charge >= 0.3 is 0 Å². The molecule has 3 aromatic rings. The first kappa shape index (κ1) is 15.4. The highest BCUT2D eigenvalue weighted by Gasteiger charge is 2.17. The largest absolute Gasteiger partial charge is 0.291 e. The van der Waals surface area contributed by atoms with Gasteiger partial charge in [0.25, 0.3) is 0 Å². The van der Waals surface area contributed by atoms with Crippen LogP contribution in [0.25, 0.3) is 11.4 Å². The van der Waals surface area contributed by atoms with Crippen LogP contribution in [0.1, 0.15) is 23.1 Å². The average molecular weight is 371 g/mol. The molecule has 6 heteroatoms. The molecule has 23 heavy (non-hydrogen) atoms. The Kier molecular flexibility index (Phi) is 4.25. The number of carbonyl (C=O) groups is 1. The molecule has 2 aromatic carbocycles. The summed E-state index contributed by atoms with van der Waals surface area (Å²) < 4.78 is 2.60. The molecule has 0 fully saturated rings. The first-order valence-electron chi connectivity index (χ1n) is 7.10. The lowest BCUT2D eigenvalue weighted by Crippen LogP contribution is -2.16. The van der Waals surface area contributed by atoms with E-state index in [-0.39, 0.29) is 11.6 Å². The summed E-state index contributed by atoms with van der Waals surface area (Å²) in [6, 6.07) is 15.6. The lowest BCUT2D eigenvalue weighted by Gasteiger charge is -2.12. The predicted octanol–water partition coefficient (Wildman–Crippen LogP) is 4.09. The van der Waals surface area contributed by atoms with Crippen LogP contribution in [0.3, 0.4) is 0 Å². The van der Waals surface area contributed by atoms with Crippen LogP contribution in [0.2, 0.25) is 0 Å². The van der Waals surface area contributed by atoms with Crippen molar-refractivity contribution in [3.8, 4) is 11.4 Å². The van der Waals surface area contributed by atoms with E-state index in [4.69, 9.17) is 0 Å². The zero-order valence-corrected chi connectivity index (χ0v) is 14.3. The maximum absolute atomic E-state index is 11.8. The lowest BCUT2D eigenvalue weighted by molar-refractivity contribution is 0.100. The summed E-state index contributed by atoms with van der Waals surface area (Å²) in [4.78, 5) is 11.8. The molecule has 0 bridgehead atoms. The number of hydrogen-bond donors (Lipinski definition) is 1. The molecular weight excluding hydrogens is 356 g/mol. The standard InChI is InChI=1S/C17H15BrN4O/c1-11-3-5-13(6-4-11)17-20-19-16(12(2)23)22(17)21-15-9-7-14(18)8-10-15/h3-10,21H,1-2H3. The van der Waals surface area contributed by atoms with Crippen molar-refractivity contribution in [2.75, 3.05) is 5.43 Å². The van der Waals surface area contributed by atoms with Crippen molar-refractivity contribution in [2.24, 2.45) is 0 Å². The van der Waals surface area contributed by atoms with E-state index in [0.717, 1.165) is 21.3 Å². The van der Waals surface area contributed by atoms with Gasteiger partial charge in [-0.1, -0.05) is 45.8 Å². The van der Waals surface area contributed by atoms with Crippen molar-refractivity contribution in [3.05, 3.63) is 64.4 Å². The van der Waals surface area contributed by atoms with Crippen LogP contribution in [0.4, 0.5) is 5.69 Å². The summed E-state index contributed by atoms with van der Waals surface area (Å²) in [5, 5.41) is 8.19. The molecule has 3 rings (SSSR count). The Morgan fingerprint density at radius 3 is 2.30 bits per heavy atom. The summed E-state index contributed by atoms with van der Waals surface area (Å²) in [6.07, 6.45) is 0. The van der Waals surface area contributed by atoms with Gasteiger partial charge in [0.15, 0.2) is 11.6 Å². The fourth-order valence-electron chi connectivity index (χ4n) is 2.16. The summed E-state index contributed by atoms with van der Waals surface area (Å²) in [6.45, 7) is 3.50. The second-order valence-corrected chi connectivity index (χ2v) is 6.14. The normalized spacial score (nSPS) is 10.6. The third-order valence-electron chi connectivity index (χ3n) is 3.37. The second kappa shape index (κ2) is 6.34. The maximum Gasteiger partial charge on any atom is 0.219 e. The predicted molar refractivity (Wildman–Crippen MR) is 93.4 cm³/mol. The average Bonchev–Trinajstić information content (AvgIpc) is 2.94. The van der Waals surface area contributed by atoms with E-state index < -0.39 is 0 Å². The zero-order valence-electron chi connectivity index (χ0n) is 12.7. The van der Waals surface area contributed by atoms with E-state index in [2.05, 4.69) is 31.6 Å². The van der Waals surface area contributed by atoms with E-state index in [0.29, 0.717) is 5.82 Å². The monoisotopic (exact) mass is 370 g/mol. The highest BCUT2D eigenvalue weighted by atomic mass is 79.9. The van der Waals surface area contributed by atoms with Crippen molar-refractivity contribution in [2.45, 2.75) is 13.8 Å². The first-order valence-corrected chi connectivity index (χ1v) is 7.90. The number of Topliss-reactive ketones (excluding diaryl/α,β-unsaturated/α-hetero) is 1. The highest BCUT2D eigenvalue weighted by molar-refractivity contribution is 9.10. The molecule has 0 atom stereocenters. The number of carbonyl (C=O) groups excluding carboxylic acids is 1. The third kappa shape index (κ3) is 3.32. The number of aryl methyl sites for hydroxylation is 1.